The van der Waals surface area contributed by atoms with Gasteiger partial charge in [0.25, 0.3) is 5.91 Å². The predicted molar refractivity (Wildman–Crippen MR) is 105 cm³/mol. The third-order valence-electron chi connectivity index (χ3n) is 4.80. The minimum atomic E-state index is 0.0282. The Morgan fingerprint density at radius 3 is 2.92 bits per heavy atom. The Bertz CT molecular complexity index is 929. The molecule has 24 heavy (non-hydrogen) atoms. The number of H-pyrrole nitrogens is 1. The molecule has 1 atom stereocenters. The highest BCUT2D eigenvalue weighted by Crippen LogP contribution is 2.30. The van der Waals surface area contributed by atoms with Gasteiger partial charge in [-0.3, -0.25) is 4.79 Å². The van der Waals surface area contributed by atoms with Gasteiger partial charge in [-0.05, 0) is 72.2 Å². The van der Waals surface area contributed by atoms with E-state index in [0.717, 1.165) is 28.4 Å². The van der Waals surface area contributed by atoms with Gasteiger partial charge in [-0.2, -0.15) is 0 Å². The highest BCUT2D eigenvalue weighted by atomic mass is 127. The molecule has 1 aliphatic carbocycles. The third-order valence-corrected chi connectivity index (χ3v) is 5.74. The van der Waals surface area contributed by atoms with Crippen LogP contribution >= 0.6 is 22.6 Å². The zero-order valence-electron chi connectivity index (χ0n) is 13.5. The standard InChI is InChI=1S/C20H19IN2O/c1-12-6-9-18-16(10-12)14-8-7-13(11-19(14)23-18)22-20(24)15-4-2-3-5-17(15)21/h2-6,9-10,13,23H,7-8,11H2,1H3,(H,22,24). The summed E-state index contributed by atoms with van der Waals surface area (Å²) in [5.74, 6) is 0.0282. The number of halogens is 1. The number of aryl methyl sites for hydroxylation is 2. The highest BCUT2D eigenvalue weighted by molar-refractivity contribution is 14.1. The average molecular weight is 430 g/mol. The number of amides is 1. The van der Waals surface area contributed by atoms with Gasteiger partial charge in [0.2, 0.25) is 0 Å². The molecular weight excluding hydrogens is 411 g/mol. The number of carbonyl (C=O) groups is 1. The van der Waals surface area contributed by atoms with Gasteiger partial charge in [-0.15, -0.1) is 0 Å². The van der Waals surface area contributed by atoms with E-state index in [1.54, 1.807) is 0 Å². The van der Waals surface area contributed by atoms with E-state index in [1.165, 1.54) is 27.7 Å². The van der Waals surface area contributed by atoms with Crippen molar-refractivity contribution in [2.75, 3.05) is 0 Å². The molecule has 1 heterocycles. The summed E-state index contributed by atoms with van der Waals surface area (Å²) in [5, 5.41) is 4.55. The van der Waals surface area contributed by atoms with Crippen molar-refractivity contribution in [2.45, 2.75) is 32.2 Å². The van der Waals surface area contributed by atoms with E-state index in [-0.39, 0.29) is 11.9 Å². The number of rotatable bonds is 2. The molecule has 122 valence electrons. The van der Waals surface area contributed by atoms with Crippen molar-refractivity contribution >= 4 is 39.4 Å². The first-order valence-corrected chi connectivity index (χ1v) is 9.35. The van der Waals surface area contributed by atoms with Gasteiger partial charge in [0.1, 0.15) is 0 Å². The molecule has 0 spiro atoms. The molecule has 0 fully saturated rings. The number of benzene rings is 2. The summed E-state index contributed by atoms with van der Waals surface area (Å²) in [6.45, 7) is 2.13. The van der Waals surface area contributed by atoms with E-state index < -0.39 is 0 Å². The van der Waals surface area contributed by atoms with Gasteiger partial charge in [0.05, 0.1) is 5.56 Å². The quantitative estimate of drug-likeness (QED) is 0.583. The number of fused-ring (bicyclic) bond motifs is 3. The number of carbonyl (C=O) groups excluding carboxylic acids is 1. The number of hydrogen-bond acceptors (Lipinski definition) is 1. The first-order valence-electron chi connectivity index (χ1n) is 8.27. The summed E-state index contributed by atoms with van der Waals surface area (Å²) in [6, 6.07) is 14.5. The van der Waals surface area contributed by atoms with Gasteiger partial charge in [-0.1, -0.05) is 23.8 Å². The lowest BCUT2D eigenvalue weighted by Crippen LogP contribution is -2.39. The van der Waals surface area contributed by atoms with Crippen LogP contribution in [-0.2, 0) is 12.8 Å². The fraction of sp³-hybridized carbons (Fsp3) is 0.250. The SMILES string of the molecule is Cc1ccc2[nH]c3c(c2c1)CCC(NC(=O)c1ccccc1I)C3. The van der Waals surface area contributed by atoms with Crippen LogP contribution in [0.15, 0.2) is 42.5 Å². The third kappa shape index (κ3) is 2.83. The maximum atomic E-state index is 12.5. The van der Waals surface area contributed by atoms with Crippen molar-refractivity contribution in [3.8, 4) is 0 Å². The lowest BCUT2D eigenvalue weighted by Gasteiger charge is -2.23. The fourth-order valence-corrected chi connectivity index (χ4v) is 4.21. The smallest absolute Gasteiger partial charge is 0.252 e. The molecule has 3 aromatic rings. The molecule has 4 rings (SSSR count). The van der Waals surface area contributed by atoms with Crippen LogP contribution in [0, 0.1) is 10.5 Å². The van der Waals surface area contributed by atoms with Crippen LogP contribution in [0.5, 0.6) is 0 Å². The van der Waals surface area contributed by atoms with Gasteiger partial charge >= 0.3 is 0 Å². The number of hydrogen-bond donors (Lipinski definition) is 2. The van der Waals surface area contributed by atoms with Crippen molar-refractivity contribution < 1.29 is 4.79 Å². The minimum absolute atomic E-state index is 0.0282. The summed E-state index contributed by atoms with van der Waals surface area (Å²) >= 11 is 2.22. The monoisotopic (exact) mass is 430 g/mol. The Morgan fingerprint density at radius 1 is 1.25 bits per heavy atom. The molecule has 4 heteroatoms. The molecule has 1 aliphatic rings. The zero-order chi connectivity index (χ0) is 16.7. The molecule has 0 saturated heterocycles. The summed E-state index contributed by atoms with van der Waals surface area (Å²) in [7, 11) is 0. The Hall–Kier alpha value is -1.82. The molecular formula is C20H19IN2O. The maximum absolute atomic E-state index is 12.5. The maximum Gasteiger partial charge on any atom is 0.252 e. The van der Waals surface area contributed by atoms with Crippen LogP contribution in [0.4, 0.5) is 0 Å². The summed E-state index contributed by atoms with van der Waals surface area (Å²) in [4.78, 5) is 16.1. The highest BCUT2D eigenvalue weighted by Gasteiger charge is 2.24. The Kier molecular flexibility index (Phi) is 4.08. The normalized spacial score (nSPS) is 16.8. The second-order valence-electron chi connectivity index (χ2n) is 6.52. The van der Waals surface area contributed by atoms with Gasteiger partial charge < -0.3 is 10.3 Å². The fourth-order valence-electron chi connectivity index (χ4n) is 3.58. The van der Waals surface area contributed by atoms with E-state index in [4.69, 9.17) is 0 Å². The number of aromatic amines is 1. The Morgan fingerprint density at radius 2 is 2.08 bits per heavy atom. The lowest BCUT2D eigenvalue weighted by atomic mass is 9.91. The Labute approximate surface area is 155 Å². The molecule has 3 nitrogen and oxygen atoms in total. The van der Waals surface area contributed by atoms with Crippen molar-refractivity contribution in [2.24, 2.45) is 0 Å². The van der Waals surface area contributed by atoms with Gasteiger partial charge in [0, 0.05) is 32.6 Å². The van der Waals surface area contributed by atoms with Crippen molar-refractivity contribution in [1.82, 2.24) is 10.3 Å². The average Bonchev–Trinajstić information content (AvgIpc) is 2.92. The topological polar surface area (TPSA) is 44.9 Å². The lowest BCUT2D eigenvalue weighted by molar-refractivity contribution is 0.0932. The van der Waals surface area contributed by atoms with Crippen LogP contribution in [0.25, 0.3) is 10.9 Å². The van der Waals surface area contributed by atoms with Gasteiger partial charge in [-0.25, -0.2) is 0 Å². The second kappa shape index (κ2) is 6.24. The van der Waals surface area contributed by atoms with Gasteiger partial charge in [0.15, 0.2) is 0 Å². The number of nitrogens with one attached hydrogen (secondary N) is 2. The molecule has 1 unspecified atom stereocenters. The van der Waals surface area contributed by atoms with Crippen molar-refractivity contribution in [3.05, 3.63) is 68.4 Å². The predicted octanol–water partition coefficient (Wildman–Crippen LogP) is 4.37. The molecule has 0 bridgehead atoms. The van der Waals surface area contributed by atoms with E-state index >= 15 is 0 Å². The molecule has 2 N–H and O–H groups in total. The molecule has 0 radical (unpaired) electrons. The summed E-state index contributed by atoms with van der Waals surface area (Å²) < 4.78 is 0.991. The van der Waals surface area contributed by atoms with Crippen LogP contribution in [0.1, 0.15) is 33.6 Å². The molecule has 0 saturated carbocycles. The largest absolute Gasteiger partial charge is 0.358 e. The minimum Gasteiger partial charge on any atom is -0.358 e. The summed E-state index contributed by atoms with van der Waals surface area (Å²) in [6.07, 6.45) is 2.87. The first kappa shape index (κ1) is 15.7. The number of aromatic nitrogens is 1. The van der Waals surface area contributed by atoms with Crippen LogP contribution in [-0.4, -0.2) is 16.9 Å². The van der Waals surface area contributed by atoms with Crippen LogP contribution in [0.3, 0.4) is 0 Å². The van der Waals surface area contributed by atoms with E-state index in [9.17, 15) is 4.79 Å². The van der Waals surface area contributed by atoms with E-state index in [0.29, 0.717) is 0 Å². The first-order chi connectivity index (χ1) is 11.6. The summed E-state index contributed by atoms with van der Waals surface area (Å²) in [5.41, 5.74) is 5.95. The zero-order valence-corrected chi connectivity index (χ0v) is 15.7. The van der Waals surface area contributed by atoms with Crippen LogP contribution in [0.2, 0.25) is 0 Å². The second-order valence-corrected chi connectivity index (χ2v) is 7.69. The molecule has 1 amide bonds. The van der Waals surface area contributed by atoms with Crippen molar-refractivity contribution in [1.29, 1.82) is 0 Å². The molecule has 1 aromatic heterocycles. The van der Waals surface area contributed by atoms with Crippen LogP contribution < -0.4 is 5.32 Å². The van der Waals surface area contributed by atoms with E-state index in [2.05, 4.69) is 58.0 Å². The van der Waals surface area contributed by atoms with E-state index in [1.807, 2.05) is 24.3 Å². The Balaban J connectivity index is 1.55. The van der Waals surface area contributed by atoms with Crippen molar-refractivity contribution in [3.63, 3.8) is 0 Å². The molecule has 0 aliphatic heterocycles. The molecule has 2 aromatic carbocycles.